The first-order valence-corrected chi connectivity index (χ1v) is 8.01. The molecule has 1 saturated heterocycles. The van der Waals surface area contributed by atoms with E-state index in [4.69, 9.17) is 10.5 Å². The molecule has 6 nitrogen and oxygen atoms in total. The number of nitrogens with zero attached hydrogens (tertiary/aromatic N) is 2. The average Bonchev–Trinajstić information content (AvgIpc) is 2.51. The fourth-order valence-corrected chi connectivity index (χ4v) is 2.63. The van der Waals surface area contributed by atoms with E-state index in [1.807, 2.05) is 4.90 Å². The van der Waals surface area contributed by atoms with Gasteiger partial charge in [-0.15, -0.1) is 0 Å². The first kappa shape index (κ1) is 17.8. The maximum absolute atomic E-state index is 12.2. The van der Waals surface area contributed by atoms with Crippen LogP contribution in [0.1, 0.15) is 39.5 Å². The number of amides is 2. The van der Waals surface area contributed by atoms with Crippen molar-refractivity contribution in [3.05, 3.63) is 0 Å². The summed E-state index contributed by atoms with van der Waals surface area (Å²) in [6, 6.07) is 0. The molecule has 0 bridgehead atoms. The lowest BCUT2D eigenvalue weighted by atomic mass is 9.96. The zero-order valence-electron chi connectivity index (χ0n) is 13.3. The van der Waals surface area contributed by atoms with E-state index in [0.717, 1.165) is 19.3 Å². The van der Waals surface area contributed by atoms with E-state index in [1.165, 1.54) is 0 Å². The maximum atomic E-state index is 12.2. The summed E-state index contributed by atoms with van der Waals surface area (Å²) >= 11 is 0. The third-order valence-corrected chi connectivity index (χ3v) is 4.08. The summed E-state index contributed by atoms with van der Waals surface area (Å²) in [6.07, 6.45) is 3.27. The molecule has 1 atom stereocenters. The van der Waals surface area contributed by atoms with E-state index in [1.54, 1.807) is 11.8 Å². The lowest BCUT2D eigenvalue weighted by Gasteiger charge is -2.34. The van der Waals surface area contributed by atoms with Gasteiger partial charge in [0, 0.05) is 32.6 Å². The average molecular weight is 299 g/mol. The summed E-state index contributed by atoms with van der Waals surface area (Å²) in [5.41, 5.74) is 5.58. The second-order valence-electron chi connectivity index (χ2n) is 5.46. The van der Waals surface area contributed by atoms with Crippen molar-refractivity contribution in [2.75, 3.05) is 39.3 Å². The Kier molecular flexibility index (Phi) is 8.12. The lowest BCUT2D eigenvalue weighted by molar-refractivity contribution is -0.133. The van der Waals surface area contributed by atoms with Gasteiger partial charge in [0.2, 0.25) is 5.91 Å². The molecule has 0 aromatic rings. The largest absolute Gasteiger partial charge is 0.450 e. The summed E-state index contributed by atoms with van der Waals surface area (Å²) in [5.74, 6) is 0.730. The molecule has 1 aliphatic heterocycles. The Morgan fingerprint density at radius 2 is 1.71 bits per heavy atom. The van der Waals surface area contributed by atoms with Crippen molar-refractivity contribution in [1.82, 2.24) is 9.80 Å². The van der Waals surface area contributed by atoms with Gasteiger partial charge in [-0.25, -0.2) is 4.79 Å². The van der Waals surface area contributed by atoms with Gasteiger partial charge >= 0.3 is 6.09 Å². The minimum absolute atomic E-state index is 0.189. The van der Waals surface area contributed by atoms with Gasteiger partial charge in [-0.05, 0) is 32.2 Å². The van der Waals surface area contributed by atoms with Gasteiger partial charge in [0.25, 0.3) is 0 Å². The number of carbonyl (C=O) groups excluding carboxylic acids is 2. The number of hydrogen-bond donors (Lipinski definition) is 1. The molecule has 0 spiro atoms. The molecule has 1 aliphatic rings. The summed E-state index contributed by atoms with van der Waals surface area (Å²) in [6.45, 7) is 7.33. The molecule has 122 valence electrons. The minimum atomic E-state index is -0.279. The van der Waals surface area contributed by atoms with E-state index in [2.05, 4.69) is 6.92 Å². The highest BCUT2D eigenvalue weighted by Gasteiger charge is 2.24. The monoisotopic (exact) mass is 299 g/mol. The Bertz CT molecular complexity index is 328. The van der Waals surface area contributed by atoms with E-state index in [0.29, 0.717) is 51.7 Å². The van der Waals surface area contributed by atoms with E-state index in [9.17, 15) is 9.59 Å². The number of carbonyl (C=O) groups is 2. The molecular weight excluding hydrogens is 270 g/mol. The van der Waals surface area contributed by atoms with E-state index in [-0.39, 0.29) is 12.0 Å². The Morgan fingerprint density at radius 1 is 1.10 bits per heavy atom. The molecule has 21 heavy (non-hydrogen) atoms. The highest BCUT2D eigenvalue weighted by Crippen LogP contribution is 2.16. The Hall–Kier alpha value is -1.30. The van der Waals surface area contributed by atoms with Crippen molar-refractivity contribution in [2.45, 2.75) is 39.5 Å². The molecule has 1 unspecified atom stereocenters. The maximum Gasteiger partial charge on any atom is 0.409 e. The number of hydrogen-bond acceptors (Lipinski definition) is 4. The third-order valence-electron chi connectivity index (χ3n) is 4.08. The Balaban J connectivity index is 2.30. The molecule has 1 fully saturated rings. The molecule has 0 aromatic carbocycles. The quantitative estimate of drug-likeness (QED) is 0.772. The van der Waals surface area contributed by atoms with Crippen LogP contribution in [0.3, 0.4) is 0 Å². The van der Waals surface area contributed by atoms with Crippen LogP contribution in [-0.2, 0) is 9.53 Å². The SMILES string of the molecule is CCOC(=O)N1CCN(C(=O)CCC(CC)CCN)CC1. The van der Waals surface area contributed by atoms with Crippen LogP contribution in [0.5, 0.6) is 0 Å². The lowest BCUT2D eigenvalue weighted by Crippen LogP contribution is -2.50. The first-order chi connectivity index (χ1) is 10.1. The van der Waals surface area contributed by atoms with Gasteiger partial charge in [0.05, 0.1) is 6.61 Å². The predicted molar refractivity (Wildman–Crippen MR) is 81.9 cm³/mol. The van der Waals surface area contributed by atoms with Crippen LogP contribution in [0, 0.1) is 5.92 Å². The van der Waals surface area contributed by atoms with Crippen molar-refractivity contribution in [3.63, 3.8) is 0 Å². The standard InChI is InChI=1S/C15H29N3O3/c1-3-13(7-8-16)5-6-14(19)17-9-11-18(12-10-17)15(20)21-4-2/h13H,3-12,16H2,1-2H3. The molecule has 0 aromatic heterocycles. The molecule has 1 heterocycles. The fourth-order valence-electron chi connectivity index (χ4n) is 2.63. The van der Waals surface area contributed by atoms with Gasteiger partial charge < -0.3 is 20.3 Å². The molecule has 0 radical (unpaired) electrons. The van der Waals surface area contributed by atoms with Crippen molar-refractivity contribution >= 4 is 12.0 Å². The van der Waals surface area contributed by atoms with Crippen LogP contribution in [0.2, 0.25) is 0 Å². The van der Waals surface area contributed by atoms with Crippen molar-refractivity contribution in [1.29, 1.82) is 0 Å². The molecule has 0 aliphatic carbocycles. The predicted octanol–water partition coefficient (Wildman–Crippen LogP) is 1.44. The molecule has 1 rings (SSSR count). The number of ether oxygens (including phenoxy) is 1. The molecular formula is C15H29N3O3. The highest BCUT2D eigenvalue weighted by atomic mass is 16.6. The number of rotatable bonds is 7. The van der Waals surface area contributed by atoms with E-state index >= 15 is 0 Å². The van der Waals surface area contributed by atoms with Crippen LogP contribution < -0.4 is 5.73 Å². The van der Waals surface area contributed by atoms with Crippen LogP contribution in [0.15, 0.2) is 0 Å². The van der Waals surface area contributed by atoms with Gasteiger partial charge in [0.1, 0.15) is 0 Å². The van der Waals surface area contributed by atoms with Crippen molar-refractivity contribution < 1.29 is 14.3 Å². The number of piperazine rings is 1. The highest BCUT2D eigenvalue weighted by molar-refractivity contribution is 5.76. The topological polar surface area (TPSA) is 75.9 Å². The zero-order valence-corrected chi connectivity index (χ0v) is 13.3. The molecule has 2 N–H and O–H groups in total. The number of nitrogens with two attached hydrogens (primary N) is 1. The van der Waals surface area contributed by atoms with Crippen LogP contribution in [-0.4, -0.2) is 61.1 Å². The summed E-state index contributed by atoms with van der Waals surface area (Å²) in [4.78, 5) is 27.3. The smallest absolute Gasteiger partial charge is 0.409 e. The van der Waals surface area contributed by atoms with Gasteiger partial charge in [-0.1, -0.05) is 13.3 Å². The van der Waals surface area contributed by atoms with Gasteiger partial charge in [-0.2, -0.15) is 0 Å². The second-order valence-corrected chi connectivity index (χ2v) is 5.46. The fraction of sp³-hybridized carbons (Fsp3) is 0.867. The van der Waals surface area contributed by atoms with E-state index < -0.39 is 0 Å². The Labute approximate surface area is 127 Å². The molecule has 0 saturated carbocycles. The second kappa shape index (κ2) is 9.60. The summed E-state index contributed by atoms with van der Waals surface area (Å²) in [7, 11) is 0. The minimum Gasteiger partial charge on any atom is -0.450 e. The summed E-state index contributed by atoms with van der Waals surface area (Å²) in [5, 5.41) is 0. The Morgan fingerprint density at radius 3 is 2.24 bits per heavy atom. The van der Waals surface area contributed by atoms with Crippen LogP contribution >= 0.6 is 0 Å². The van der Waals surface area contributed by atoms with Crippen molar-refractivity contribution in [2.24, 2.45) is 11.7 Å². The van der Waals surface area contributed by atoms with Crippen LogP contribution in [0.4, 0.5) is 4.79 Å². The van der Waals surface area contributed by atoms with Gasteiger partial charge in [-0.3, -0.25) is 4.79 Å². The molecule has 2 amide bonds. The zero-order chi connectivity index (χ0) is 15.7. The normalized spacial score (nSPS) is 16.7. The van der Waals surface area contributed by atoms with Crippen LogP contribution in [0.25, 0.3) is 0 Å². The van der Waals surface area contributed by atoms with Gasteiger partial charge in [0.15, 0.2) is 0 Å². The first-order valence-electron chi connectivity index (χ1n) is 8.01. The molecule has 6 heteroatoms. The van der Waals surface area contributed by atoms with Crippen molar-refractivity contribution in [3.8, 4) is 0 Å². The third kappa shape index (κ3) is 5.91. The summed E-state index contributed by atoms with van der Waals surface area (Å²) < 4.78 is 4.97.